The van der Waals surface area contributed by atoms with Crippen LogP contribution in [0.25, 0.3) is 0 Å². The molecule has 1 unspecified atom stereocenters. The van der Waals surface area contributed by atoms with Crippen molar-refractivity contribution >= 4 is 5.97 Å². The molecule has 4 nitrogen and oxygen atoms in total. The van der Waals surface area contributed by atoms with E-state index in [1.165, 1.54) is 0 Å². The third-order valence-corrected chi connectivity index (χ3v) is 3.14. The molecule has 0 saturated heterocycles. The van der Waals surface area contributed by atoms with E-state index < -0.39 is 0 Å². The maximum atomic E-state index is 11.9. The smallest absolute Gasteiger partial charge is 0.338 e. The lowest BCUT2D eigenvalue weighted by Crippen LogP contribution is -2.24. The summed E-state index contributed by atoms with van der Waals surface area (Å²) in [5.41, 5.74) is 1.68. The minimum atomic E-state index is -0.313. The summed E-state index contributed by atoms with van der Waals surface area (Å²) in [5.74, 6) is 0.0504. The fraction of sp³-hybridized carbons (Fsp3) is 0.562. The van der Waals surface area contributed by atoms with E-state index in [1.807, 2.05) is 19.1 Å². The summed E-state index contributed by atoms with van der Waals surface area (Å²) in [7, 11) is 3.31. The molecule has 0 aliphatic carbocycles. The van der Waals surface area contributed by atoms with Gasteiger partial charge in [-0.05, 0) is 31.4 Å². The Morgan fingerprint density at radius 2 is 1.80 bits per heavy atom. The summed E-state index contributed by atoms with van der Waals surface area (Å²) in [6.45, 7) is 4.99. The van der Waals surface area contributed by atoms with Gasteiger partial charge in [-0.3, -0.25) is 0 Å². The van der Waals surface area contributed by atoms with Crippen molar-refractivity contribution < 1.29 is 19.0 Å². The quantitative estimate of drug-likeness (QED) is 0.687. The van der Waals surface area contributed by atoms with E-state index in [0.717, 1.165) is 12.0 Å². The van der Waals surface area contributed by atoms with E-state index >= 15 is 0 Å². The average Bonchev–Trinajstić information content (AvgIpc) is 2.44. The summed E-state index contributed by atoms with van der Waals surface area (Å²) in [6, 6.07) is 7.33. The number of methoxy groups -OCH3 is 2. The molecule has 112 valence electrons. The summed E-state index contributed by atoms with van der Waals surface area (Å²) < 4.78 is 15.7. The Hall–Kier alpha value is -1.39. The second kappa shape index (κ2) is 8.72. The predicted molar refractivity (Wildman–Crippen MR) is 77.9 cm³/mol. The second-order valence-corrected chi connectivity index (χ2v) is 5.12. The molecule has 0 spiro atoms. The van der Waals surface area contributed by atoms with Crippen LogP contribution in [-0.4, -0.2) is 39.5 Å². The molecule has 0 heterocycles. The van der Waals surface area contributed by atoms with E-state index in [-0.39, 0.29) is 18.7 Å². The second-order valence-electron chi connectivity index (χ2n) is 5.12. The Kier molecular flexibility index (Phi) is 7.26. The number of esters is 1. The fourth-order valence-corrected chi connectivity index (χ4v) is 1.98. The van der Waals surface area contributed by atoms with Gasteiger partial charge < -0.3 is 14.2 Å². The zero-order valence-corrected chi connectivity index (χ0v) is 12.7. The first kappa shape index (κ1) is 16.7. The minimum Gasteiger partial charge on any atom is -0.459 e. The average molecular weight is 280 g/mol. The first-order valence-corrected chi connectivity index (χ1v) is 6.82. The van der Waals surface area contributed by atoms with Crippen LogP contribution in [0.15, 0.2) is 24.3 Å². The molecule has 2 atom stereocenters. The van der Waals surface area contributed by atoms with Crippen molar-refractivity contribution in [3.8, 4) is 0 Å². The molecule has 0 N–H and O–H groups in total. The van der Waals surface area contributed by atoms with Crippen LogP contribution in [0.5, 0.6) is 0 Å². The van der Waals surface area contributed by atoms with Crippen molar-refractivity contribution in [2.24, 2.45) is 5.92 Å². The summed E-state index contributed by atoms with van der Waals surface area (Å²) in [4.78, 5) is 11.9. The number of benzene rings is 1. The van der Waals surface area contributed by atoms with Gasteiger partial charge in [0.15, 0.2) is 0 Å². The molecule has 0 aliphatic rings. The van der Waals surface area contributed by atoms with Gasteiger partial charge in [0.2, 0.25) is 0 Å². The van der Waals surface area contributed by atoms with E-state index in [2.05, 4.69) is 6.92 Å². The molecule has 0 radical (unpaired) electrons. The van der Waals surface area contributed by atoms with Crippen LogP contribution >= 0.6 is 0 Å². The van der Waals surface area contributed by atoms with Gasteiger partial charge in [0, 0.05) is 20.8 Å². The number of rotatable bonds is 8. The Labute approximate surface area is 121 Å². The number of hydrogen-bond acceptors (Lipinski definition) is 4. The van der Waals surface area contributed by atoms with Crippen LogP contribution in [0.2, 0.25) is 0 Å². The van der Waals surface area contributed by atoms with Crippen LogP contribution in [0.4, 0.5) is 0 Å². The van der Waals surface area contributed by atoms with Gasteiger partial charge in [0.1, 0.15) is 6.61 Å². The number of ether oxygens (including phenoxy) is 3. The van der Waals surface area contributed by atoms with Crippen LogP contribution in [0.3, 0.4) is 0 Å². The number of carbonyl (C=O) groups is 1. The number of aryl methyl sites for hydroxylation is 1. The highest BCUT2D eigenvalue weighted by Gasteiger charge is 2.15. The molecule has 1 aromatic carbocycles. The normalized spacial score (nSPS) is 13.8. The zero-order valence-electron chi connectivity index (χ0n) is 12.7. The number of hydrogen-bond donors (Lipinski definition) is 0. The SMILES string of the molecule is COC[C@@H](C)CC(COC(=O)c1ccc(C)cc1)OC. The lowest BCUT2D eigenvalue weighted by molar-refractivity contribution is -0.00171. The lowest BCUT2D eigenvalue weighted by atomic mass is 10.1. The van der Waals surface area contributed by atoms with Gasteiger partial charge in [0.25, 0.3) is 0 Å². The summed E-state index contributed by atoms with van der Waals surface area (Å²) in [6.07, 6.45) is 0.695. The van der Waals surface area contributed by atoms with Crippen molar-refractivity contribution in [2.45, 2.75) is 26.4 Å². The van der Waals surface area contributed by atoms with E-state index in [4.69, 9.17) is 14.2 Å². The van der Waals surface area contributed by atoms with Crippen LogP contribution in [-0.2, 0) is 14.2 Å². The van der Waals surface area contributed by atoms with Crippen molar-refractivity contribution in [1.29, 1.82) is 0 Å². The highest BCUT2D eigenvalue weighted by molar-refractivity contribution is 5.89. The van der Waals surface area contributed by atoms with Gasteiger partial charge in [-0.25, -0.2) is 4.79 Å². The van der Waals surface area contributed by atoms with Gasteiger partial charge in [-0.1, -0.05) is 24.6 Å². The molecule has 1 rings (SSSR count). The maximum absolute atomic E-state index is 11.9. The summed E-state index contributed by atoms with van der Waals surface area (Å²) >= 11 is 0. The van der Waals surface area contributed by atoms with Crippen molar-refractivity contribution in [3.05, 3.63) is 35.4 Å². The zero-order chi connectivity index (χ0) is 15.0. The van der Waals surface area contributed by atoms with Gasteiger partial charge in [0.05, 0.1) is 11.7 Å². The standard InChI is InChI=1S/C16H24O4/c1-12-5-7-14(8-6-12)16(17)20-11-15(19-4)9-13(2)10-18-3/h5-8,13,15H,9-11H2,1-4H3/t13-,15?/m0/s1. The third-order valence-electron chi connectivity index (χ3n) is 3.14. The fourth-order valence-electron chi connectivity index (χ4n) is 1.98. The molecule has 1 aromatic rings. The topological polar surface area (TPSA) is 44.8 Å². The highest BCUT2D eigenvalue weighted by Crippen LogP contribution is 2.11. The molecule has 0 aromatic heterocycles. The van der Waals surface area contributed by atoms with E-state index in [1.54, 1.807) is 26.4 Å². The van der Waals surface area contributed by atoms with Crippen LogP contribution in [0, 0.1) is 12.8 Å². The third kappa shape index (κ3) is 5.72. The maximum Gasteiger partial charge on any atom is 0.338 e. The van der Waals surface area contributed by atoms with Gasteiger partial charge in [-0.15, -0.1) is 0 Å². The first-order valence-electron chi connectivity index (χ1n) is 6.82. The first-order chi connectivity index (χ1) is 9.56. The van der Waals surface area contributed by atoms with E-state index in [9.17, 15) is 4.79 Å². The minimum absolute atomic E-state index is 0.102. The molecule has 0 fully saturated rings. The van der Waals surface area contributed by atoms with Crippen molar-refractivity contribution in [1.82, 2.24) is 0 Å². The lowest BCUT2D eigenvalue weighted by Gasteiger charge is -2.19. The Bertz CT molecular complexity index is 399. The highest BCUT2D eigenvalue weighted by atomic mass is 16.6. The number of carbonyl (C=O) groups excluding carboxylic acids is 1. The van der Waals surface area contributed by atoms with E-state index in [0.29, 0.717) is 18.1 Å². The molecule has 0 saturated carbocycles. The predicted octanol–water partition coefficient (Wildman–Crippen LogP) is 2.84. The summed E-state index contributed by atoms with van der Waals surface area (Å²) in [5, 5.41) is 0. The van der Waals surface area contributed by atoms with Crippen LogP contribution < -0.4 is 0 Å². The molecule has 0 bridgehead atoms. The Balaban J connectivity index is 2.43. The molecule has 0 amide bonds. The molecular weight excluding hydrogens is 256 g/mol. The van der Waals surface area contributed by atoms with Crippen LogP contribution in [0.1, 0.15) is 29.3 Å². The largest absolute Gasteiger partial charge is 0.459 e. The monoisotopic (exact) mass is 280 g/mol. The Morgan fingerprint density at radius 1 is 1.15 bits per heavy atom. The van der Waals surface area contributed by atoms with Gasteiger partial charge >= 0.3 is 5.97 Å². The Morgan fingerprint density at radius 3 is 2.35 bits per heavy atom. The molecular formula is C16H24O4. The van der Waals surface area contributed by atoms with Crippen molar-refractivity contribution in [3.63, 3.8) is 0 Å². The van der Waals surface area contributed by atoms with Gasteiger partial charge in [-0.2, -0.15) is 0 Å². The molecule has 4 heteroatoms. The van der Waals surface area contributed by atoms with Crippen molar-refractivity contribution in [2.75, 3.05) is 27.4 Å². The molecule has 20 heavy (non-hydrogen) atoms. The molecule has 0 aliphatic heterocycles.